The molecule has 0 aliphatic carbocycles. The minimum absolute atomic E-state index is 0.0316. The lowest BCUT2D eigenvalue weighted by molar-refractivity contribution is -0.136. The molecule has 1 N–H and O–H groups in total. The fourth-order valence-corrected chi connectivity index (χ4v) is 3.05. The molecule has 1 fully saturated rings. The van der Waals surface area contributed by atoms with Gasteiger partial charge in [-0.2, -0.15) is 0 Å². The Morgan fingerprint density at radius 2 is 2.00 bits per heavy atom. The lowest BCUT2D eigenvalue weighted by Gasteiger charge is -2.23. The number of hydrogen-bond acceptors (Lipinski definition) is 3. The Morgan fingerprint density at radius 3 is 2.65 bits per heavy atom. The first-order chi connectivity index (χ1) is 9.79. The summed E-state index contributed by atoms with van der Waals surface area (Å²) in [4.78, 5) is 14.7. The van der Waals surface area contributed by atoms with Crippen molar-refractivity contribution < 1.29 is 9.53 Å². The van der Waals surface area contributed by atoms with Crippen molar-refractivity contribution in [2.75, 3.05) is 19.8 Å². The fraction of sp³-hybridized carbons (Fsp3) is 0.562. The Morgan fingerprint density at radius 1 is 1.30 bits per heavy atom. The predicted molar refractivity (Wildman–Crippen MR) is 77.1 cm³/mol. The molecular formula is C16H22N2O2. The summed E-state index contributed by atoms with van der Waals surface area (Å²) < 4.78 is 5.51. The minimum Gasteiger partial charge on any atom is -0.379 e. The average Bonchev–Trinajstić information content (AvgIpc) is 3.10. The maximum Gasteiger partial charge on any atom is 0.230 e. The molecule has 2 atom stereocenters. The van der Waals surface area contributed by atoms with Crippen LogP contribution in [0.15, 0.2) is 24.3 Å². The summed E-state index contributed by atoms with van der Waals surface area (Å²) in [6, 6.07) is 8.47. The molecule has 1 aromatic rings. The first-order valence-electron chi connectivity index (χ1n) is 7.46. The van der Waals surface area contributed by atoms with E-state index in [0.717, 1.165) is 26.1 Å². The Bertz CT molecular complexity index is 464. The Hall–Kier alpha value is -1.39. The van der Waals surface area contributed by atoms with Crippen LogP contribution in [0.3, 0.4) is 0 Å². The van der Waals surface area contributed by atoms with E-state index < -0.39 is 0 Å². The van der Waals surface area contributed by atoms with Gasteiger partial charge in [-0.1, -0.05) is 31.2 Å². The number of amides is 1. The summed E-state index contributed by atoms with van der Waals surface area (Å²) in [6.45, 7) is 5.76. The largest absolute Gasteiger partial charge is 0.379 e. The molecule has 2 heterocycles. The van der Waals surface area contributed by atoms with Crippen LogP contribution in [0.2, 0.25) is 0 Å². The van der Waals surface area contributed by atoms with Crippen LogP contribution in [0.1, 0.15) is 24.5 Å². The van der Waals surface area contributed by atoms with Crippen LogP contribution in [-0.2, 0) is 22.6 Å². The van der Waals surface area contributed by atoms with Gasteiger partial charge in [0.1, 0.15) is 0 Å². The number of carbonyl (C=O) groups excluding carboxylic acids is 1. The molecule has 20 heavy (non-hydrogen) atoms. The van der Waals surface area contributed by atoms with Gasteiger partial charge in [0.15, 0.2) is 0 Å². The van der Waals surface area contributed by atoms with E-state index in [2.05, 4.69) is 24.4 Å². The number of nitrogens with zero attached hydrogens (tertiary/aromatic N) is 1. The molecule has 1 amide bonds. The highest BCUT2D eigenvalue weighted by Gasteiger charge is 2.37. The molecule has 0 aromatic heterocycles. The number of benzene rings is 1. The molecule has 0 bridgehead atoms. The second kappa shape index (κ2) is 5.94. The smallest absolute Gasteiger partial charge is 0.230 e. The van der Waals surface area contributed by atoms with Crippen molar-refractivity contribution in [3.05, 3.63) is 35.4 Å². The number of carbonyl (C=O) groups is 1. The van der Waals surface area contributed by atoms with Crippen LogP contribution in [0, 0.1) is 5.92 Å². The quantitative estimate of drug-likeness (QED) is 0.905. The zero-order valence-corrected chi connectivity index (χ0v) is 12.0. The summed E-state index contributed by atoms with van der Waals surface area (Å²) in [5.74, 6) is 0.197. The SMILES string of the molecule is CCCNC1COCC1C(=O)N1Cc2ccccc2C1. The number of hydrogen-bond donors (Lipinski definition) is 1. The van der Waals surface area contributed by atoms with E-state index in [1.807, 2.05) is 17.0 Å². The van der Waals surface area contributed by atoms with Crippen molar-refractivity contribution in [3.8, 4) is 0 Å². The third kappa shape index (κ3) is 2.58. The Kier molecular flexibility index (Phi) is 4.03. The average molecular weight is 274 g/mol. The molecule has 3 rings (SSSR count). The van der Waals surface area contributed by atoms with E-state index in [0.29, 0.717) is 13.2 Å². The monoisotopic (exact) mass is 274 g/mol. The normalized spacial score (nSPS) is 24.9. The third-order valence-electron chi connectivity index (χ3n) is 4.21. The Labute approximate surface area is 120 Å². The maximum atomic E-state index is 12.7. The molecule has 1 saturated heterocycles. The van der Waals surface area contributed by atoms with Gasteiger partial charge in [0.2, 0.25) is 5.91 Å². The van der Waals surface area contributed by atoms with Crippen LogP contribution in [0.25, 0.3) is 0 Å². The molecule has 2 aliphatic rings. The van der Waals surface area contributed by atoms with Crippen molar-refractivity contribution in [3.63, 3.8) is 0 Å². The van der Waals surface area contributed by atoms with Crippen molar-refractivity contribution in [2.45, 2.75) is 32.5 Å². The molecule has 0 radical (unpaired) electrons. The van der Waals surface area contributed by atoms with Crippen LogP contribution in [0.5, 0.6) is 0 Å². The van der Waals surface area contributed by atoms with Crippen molar-refractivity contribution in [2.24, 2.45) is 5.92 Å². The van der Waals surface area contributed by atoms with Gasteiger partial charge >= 0.3 is 0 Å². The highest BCUT2D eigenvalue weighted by Crippen LogP contribution is 2.26. The Balaban J connectivity index is 1.65. The van der Waals surface area contributed by atoms with Gasteiger partial charge in [0, 0.05) is 19.1 Å². The second-order valence-electron chi connectivity index (χ2n) is 5.67. The molecule has 4 nitrogen and oxygen atoms in total. The minimum atomic E-state index is -0.0316. The van der Waals surface area contributed by atoms with Gasteiger partial charge in [-0.25, -0.2) is 0 Å². The number of rotatable bonds is 4. The lowest BCUT2D eigenvalue weighted by atomic mass is 10.0. The summed E-state index contributed by atoms with van der Waals surface area (Å²) in [5.41, 5.74) is 2.55. The molecule has 0 saturated carbocycles. The van der Waals surface area contributed by atoms with Gasteiger partial charge in [0.05, 0.1) is 19.1 Å². The molecule has 2 aliphatic heterocycles. The predicted octanol–water partition coefficient (Wildman–Crippen LogP) is 1.54. The van der Waals surface area contributed by atoms with E-state index >= 15 is 0 Å². The van der Waals surface area contributed by atoms with Crippen LogP contribution in [0.4, 0.5) is 0 Å². The highest BCUT2D eigenvalue weighted by atomic mass is 16.5. The summed E-state index contributed by atoms with van der Waals surface area (Å²) >= 11 is 0. The molecule has 2 unspecified atom stereocenters. The molecular weight excluding hydrogens is 252 g/mol. The summed E-state index contributed by atoms with van der Waals surface area (Å²) in [7, 11) is 0. The second-order valence-corrected chi connectivity index (χ2v) is 5.67. The topological polar surface area (TPSA) is 41.6 Å². The molecule has 0 spiro atoms. The molecule has 4 heteroatoms. The van der Waals surface area contributed by atoms with Gasteiger partial charge < -0.3 is 15.0 Å². The van der Waals surface area contributed by atoms with E-state index in [-0.39, 0.29) is 17.9 Å². The van der Waals surface area contributed by atoms with Crippen molar-refractivity contribution in [1.29, 1.82) is 0 Å². The standard InChI is InChI=1S/C16H22N2O2/c1-2-7-17-15-11-20-10-14(15)16(19)18-8-12-5-3-4-6-13(12)9-18/h3-6,14-15,17H,2,7-11H2,1H3. The molecule has 108 valence electrons. The van der Waals surface area contributed by atoms with Gasteiger partial charge in [-0.05, 0) is 24.1 Å². The van der Waals surface area contributed by atoms with Crippen LogP contribution < -0.4 is 5.32 Å². The summed E-state index contributed by atoms with van der Waals surface area (Å²) in [5, 5.41) is 3.43. The van der Waals surface area contributed by atoms with Gasteiger partial charge in [-0.15, -0.1) is 0 Å². The zero-order chi connectivity index (χ0) is 13.9. The van der Waals surface area contributed by atoms with Gasteiger partial charge in [0.25, 0.3) is 0 Å². The first kappa shape index (κ1) is 13.6. The maximum absolute atomic E-state index is 12.7. The number of ether oxygens (including phenoxy) is 1. The number of fused-ring (bicyclic) bond motifs is 1. The highest BCUT2D eigenvalue weighted by molar-refractivity contribution is 5.80. The number of nitrogens with one attached hydrogen (secondary N) is 1. The molecule has 1 aromatic carbocycles. The van der Waals surface area contributed by atoms with E-state index in [1.165, 1.54) is 11.1 Å². The van der Waals surface area contributed by atoms with E-state index in [9.17, 15) is 4.79 Å². The van der Waals surface area contributed by atoms with E-state index in [1.54, 1.807) is 0 Å². The van der Waals surface area contributed by atoms with Gasteiger partial charge in [-0.3, -0.25) is 4.79 Å². The van der Waals surface area contributed by atoms with Crippen LogP contribution >= 0.6 is 0 Å². The lowest BCUT2D eigenvalue weighted by Crippen LogP contribution is -2.44. The van der Waals surface area contributed by atoms with E-state index in [4.69, 9.17) is 4.74 Å². The first-order valence-corrected chi connectivity index (χ1v) is 7.46. The summed E-state index contributed by atoms with van der Waals surface area (Å²) in [6.07, 6.45) is 1.08. The van der Waals surface area contributed by atoms with Crippen LogP contribution in [-0.4, -0.2) is 36.6 Å². The van der Waals surface area contributed by atoms with Crippen molar-refractivity contribution >= 4 is 5.91 Å². The van der Waals surface area contributed by atoms with Crippen molar-refractivity contribution in [1.82, 2.24) is 10.2 Å². The third-order valence-corrected chi connectivity index (χ3v) is 4.21. The fourth-order valence-electron chi connectivity index (χ4n) is 3.05. The zero-order valence-electron chi connectivity index (χ0n) is 12.0.